The fourth-order valence-electron chi connectivity index (χ4n) is 2.51. The monoisotopic (exact) mass is 541 g/mol. The molecule has 2 N–H and O–H groups in total. The Morgan fingerprint density at radius 1 is 1.27 bits per heavy atom. The maximum absolute atomic E-state index is 12.1. The van der Waals surface area contributed by atoms with Gasteiger partial charge in [-0.05, 0) is 36.1 Å². The first-order chi connectivity index (χ1) is 15.7. The Morgan fingerprint density at radius 2 is 1.97 bits per heavy atom. The molecule has 0 bridgehead atoms. The van der Waals surface area contributed by atoms with E-state index in [0.29, 0.717) is 11.4 Å². The van der Waals surface area contributed by atoms with Crippen LogP contribution in [0.25, 0.3) is 0 Å². The Balaban J connectivity index is 1.41. The first-order valence-corrected chi connectivity index (χ1v) is 10.5. The van der Waals surface area contributed by atoms with Gasteiger partial charge in [0.15, 0.2) is 17.5 Å². The number of carbonyl (C=O) groups excluding carboxylic acids is 2. The van der Waals surface area contributed by atoms with Gasteiger partial charge in [-0.2, -0.15) is 9.67 Å². The maximum Gasteiger partial charge on any atom is 0.408 e. The highest BCUT2D eigenvalue weighted by molar-refractivity contribution is 9.10. The van der Waals surface area contributed by atoms with Crippen molar-refractivity contribution in [1.82, 2.24) is 30.6 Å². The van der Waals surface area contributed by atoms with Gasteiger partial charge in [-0.1, -0.05) is 32.7 Å². The molecule has 0 fully saturated rings. The van der Waals surface area contributed by atoms with Gasteiger partial charge in [0.05, 0.1) is 10.8 Å². The zero-order chi connectivity index (χ0) is 24.0. The van der Waals surface area contributed by atoms with Crippen LogP contribution in [-0.4, -0.2) is 56.4 Å². The third-order valence-electron chi connectivity index (χ3n) is 4.16. The van der Waals surface area contributed by atoms with Gasteiger partial charge in [0.25, 0.3) is 5.91 Å². The molecule has 2 aromatic heterocycles. The number of nitrogens with one attached hydrogen (secondary N) is 2. The van der Waals surface area contributed by atoms with Gasteiger partial charge in [-0.3, -0.25) is 9.59 Å². The lowest BCUT2D eigenvalue weighted by atomic mass is 10.3. The highest BCUT2D eigenvalue weighted by Crippen LogP contribution is 2.26. The Kier molecular flexibility index (Phi) is 7.95. The fraction of sp³-hybridized carbons (Fsp3) is 0.278. The quantitative estimate of drug-likeness (QED) is 0.221. The van der Waals surface area contributed by atoms with Crippen molar-refractivity contribution in [3.05, 3.63) is 61.3 Å². The molecule has 15 heteroatoms. The lowest BCUT2D eigenvalue weighted by Gasteiger charge is -2.07. The van der Waals surface area contributed by atoms with Gasteiger partial charge in [0.2, 0.25) is 0 Å². The zero-order valence-electron chi connectivity index (χ0n) is 17.1. The Morgan fingerprint density at radius 3 is 2.64 bits per heavy atom. The predicted molar refractivity (Wildman–Crippen MR) is 117 cm³/mol. The molecular weight excluding hydrogens is 526 g/mol. The van der Waals surface area contributed by atoms with Gasteiger partial charge < -0.3 is 30.0 Å². The molecule has 1 aromatic carbocycles. The van der Waals surface area contributed by atoms with Crippen LogP contribution in [0.5, 0.6) is 5.75 Å². The number of amides is 2. The summed E-state index contributed by atoms with van der Waals surface area (Å²) >= 11 is 9.20. The molecule has 3 rings (SSSR count). The third-order valence-corrected chi connectivity index (χ3v) is 5.13. The molecule has 3 aromatic rings. The summed E-state index contributed by atoms with van der Waals surface area (Å²) in [6, 6.07) is 7.03. The van der Waals surface area contributed by atoms with Crippen LogP contribution in [0, 0.1) is 17.0 Å². The number of hydrogen-bond acceptors (Lipinski definition) is 9. The van der Waals surface area contributed by atoms with Crippen molar-refractivity contribution in [3.8, 4) is 5.75 Å². The SMILES string of the molecule is Cc1c(Cl)c([N+](=O)[O-])nn1Cc1noc(C(=O)NCCNC(=O)COc2ccc(Br)cc2)n1. The van der Waals surface area contributed by atoms with Crippen LogP contribution in [0.2, 0.25) is 5.02 Å². The van der Waals surface area contributed by atoms with E-state index < -0.39 is 16.6 Å². The number of nitro groups is 1. The number of halogens is 2. The highest BCUT2D eigenvalue weighted by Gasteiger charge is 2.25. The third kappa shape index (κ3) is 6.49. The molecule has 13 nitrogen and oxygen atoms in total. The van der Waals surface area contributed by atoms with Gasteiger partial charge in [-0.15, -0.1) is 0 Å². The maximum atomic E-state index is 12.1. The number of hydrogen-bond donors (Lipinski definition) is 2. The molecule has 0 aliphatic rings. The second-order valence-electron chi connectivity index (χ2n) is 6.50. The van der Waals surface area contributed by atoms with Crippen LogP contribution in [0.1, 0.15) is 22.2 Å². The van der Waals surface area contributed by atoms with Crippen molar-refractivity contribution < 1.29 is 23.8 Å². The number of ether oxygens (including phenoxy) is 1. The van der Waals surface area contributed by atoms with E-state index in [9.17, 15) is 19.7 Å². The van der Waals surface area contributed by atoms with E-state index in [1.165, 1.54) is 4.68 Å². The van der Waals surface area contributed by atoms with Gasteiger partial charge in [0, 0.05) is 17.6 Å². The normalized spacial score (nSPS) is 10.6. The smallest absolute Gasteiger partial charge is 0.408 e. The molecule has 0 atom stereocenters. The molecule has 0 radical (unpaired) electrons. The molecule has 2 heterocycles. The molecule has 0 aliphatic heterocycles. The molecular formula is C18H17BrClN7O6. The van der Waals surface area contributed by atoms with Crippen LogP contribution in [0.15, 0.2) is 33.3 Å². The van der Waals surface area contributed by atoms with Gasteiger partial charge in [0.1, 0.15) is 12.3 Å². The minimum atomic E-state index is -0.702. The molecule has 33 heavy (non-hydrogen) atoms. The van der Waals surface area contributed by atoms with Crippen molar-refractivity contribution in [2.45, 2.75) is 13.5 Å². The van der Waals surface area contributed by atoms with Crippen LogP contribution >= 0.6 is 27.5 Å². The van der Waals surface area contributed by atoms with E-state index >= 15 is 0 Å². The van der Waals surface area contributed by atoms with E-state index in [0.717, 1.165) is 4.47 Å². The van der Waals surface area contributed by atoms with Crippen LogP contribution in [0.4, 0.5) is 5.82 Å². The minimum absolute atomic E-state index is 0.0788. The summed E-state index contributed by atoms with van der Waals surface area (Å²) in [5.74, 6) is -1.16. The fourth-order valence-corrected chi connectivity index (χ4v) is 2.98. The van der Waals surface area contributed by atoms with Crippen LogP contribution in [0.3, 0.4) is 0 Å². The summed E-state index contributed by atoms with van der Waals surface area (Å²) in [7, 11) is 0. The summed E-state index contributed by atoms with van der Waals surface area (Å²) in [6.45, 7) is 1.57. The van der Waals surface area contributed by atoms with Gasteiger partial charge >= 0.3 is 17.6 Å². The molecule has 0 aliphatic carbocycles. The molecule has 0 unspecified atom stereocenters. The van der Waals surface area contributed by atoms with E-state index in [-0.39, 0.29) is 48.9 Å². The molecule has 0 spiro atoms. The summed E-state index contributed by atoms with van der Waals surface area (Å²) in [6.07, 6.45) is 0. The van der Waals surface area contributed by atoms with E-state index in [2.05, 4.69) is 41.8 Å². The topological polar surface area (TPSA) is 167 Å². The highest BCUT2D eigenvalue weighted by atomic mass is 79.9. The van der Waals surface area contributed by atoms with Crippen molar-refractivity contribution in [3.63, 3.8) is 0 Å². The number of aromatic nitrogens is 4. The average molecular weight is 543 g/mol. The number of rotatable bonds is 10. The summed E-state index contributed by atoms with van der Waals surface area (Å²) in [5.41, 5.74) is 0.346. The zero-order valence-corrected chi connectivity index (χ0v) is 19.4. The van der Waals surface area contributed by atoms with E-state index in [4.69, 9.17) is 20.9 Å². The average Bonchev–Trinajstić information content (AvgIpc) is 3.36. The molecule has 0 saturated carbocycles. The van der Waals surface area contributed by atoms with Crippen LogP contribution < -0.4 is 15.4 Å². The first kappa shape index (κ1) is 24.1. The number of carbonyl (C=O) groups is 2. The summed E-state index contributed by atoms with van der Waals surface area (Å²) in [5, 5.41) is 23.4. The molecule has 174 valence electrons. The standard InChI is InChI=1S/C18H17BrClN7O6/c1-10-15(20)16(27(30)31)24-26(10)8-13-23-18(33-25-13)17(29)22-7-6-21-14(28)9-32-12-4-2-11(19)3-5-12/h2-5H,6-9H2,1H3,(H,21,28)(H,22,29). The number of benzene rings is 1. The van der Waals surface area contributed by atoms with Crippen molar-refractivity contribution in [2.75, 3.05) is 19.7 Å². The predicted octanol–water partition coefficient (Wildman–Crippen LogP) is 1.87. The molecule has 0 saturated heterocycles. The summed E-state index contributed by atoms with van der Waals surface area (Å²) < 4.78 is 12.4. The van der Waals surface area contributed by atoms with E-state index in [1.807, 2.05) is 0 Å². The lowest BCUT2D eigenvalue weighted by Crippen LogP contribution is -2.36. The Labute approximate surface area is 199 Å². The lowest BCUT2D eigenvalue weighted by molar-refractivity contribution is -0.389. The Hall–Kier alpha value is -3.52. The van der Waals surface area contributed by atoms with Crippen molar-refractivity contribution in [2.24, 2.45) is 0 Å². The summed E-state index contributed by atoms with van der Waals surface area (Å²) in [4.78, 5) is 38.1. The van der Waals surface area contributed by atoms with Crippen molar-refractivity contribution in [1.29, 1.82) is 0 Å². The van der Waals surface area contributed by atoms with Gasteiger partial charge in [-0.25, -0.2) is 0 Å². The largest absolute Gasteiger partial charge is 0.484 e. The number of nitrogens with zero attached hydrogens (tertiary/aromatic N) is 5. The second-order valence-corrected chi connectivity index (χ2v) is 7.80. The van der Waals surface area contributed by atoms with Crippen molar-refractivity contribution >= 4 is 45.2 Å². The Bertz CT molecular complexity index is 1160. The first-order valence-electron chi connectivity index (χ1n) is 9.37. The molecule has 2 amide bonds. The van der Waals surface area contributed by atoms with Crippen LogP contribution in [-0.2, 0) is 11.3 Å². The minimum Gasteiger partial charge on any atom is -0.484 e. The second kappa shape index (κ2) is 10.9. The van der Waals surface area contributed by atoms with E-state index in [1.54, 1.807) is 31.2 Å².